The van der Waals surface area contributed by atoms with Crippen LogP contribution in [0.15, 0.2) is 246 Å². The molecule has 0 spiro atoms. The summed E-state index contributed by atoms with van der Waals surface area (Å²) in [5.41, 5.74) is 14.2. The van der Waals surface area contributed by atoms with Crippen molar-refractivity contribution >= 4 is 119 Å². The summed E-state index contributed by atoms with van der Waals surface area (Å²) in [5.74, 6) is 0. The Morgan fingerprint density at radius 1 is 0.366 bits per heavy atom. The SMILES string of the molecule is O=c1c2ccc(-n3c4ccccc4c4ccccc43)cc2oc2cccc(-n3c4ccccc4c4ccccc43)c12.O=c1c2ccc(Br)cc2oc2cccc(Br)c12.c1ccc2c(c1)Cc1ccccc1-2. The van der Waals surface area contributed by atoms with Crippen molar-refractivity contribution in [2.24, 2.45) is 0 Å². The number of para-hydroxylation sites is 4. The molecule has 0 saturated heterocycles. The molecule has 15 rings (SSSR count). The van der Waals surface area contributed by atoms with Crippen LogP contribution in [-0.4, -0.2) is 9.13 Å². The maximum atomic E-state index is 14.2. The first kappa shape index (κ1) is 42.8. The van der Waals surface area contributed by atoms with Crippen LogP contribution in [0.3, 0.4) is 0 Å². The summed E-state index contributed by atoms with van der Waals surface area (Å²) in [6.45, 7) is 0. The second-order valence-electron chi connectivity index (χ2n) is 17.7. The largest absolute Gasteiger partial charge is 0.456 e. The molecular weight excluding hydrogens is 1010 g/mol. The highest BCUT2D eigenvalue weighted by Gasteiger charge is 2.20. The molecule has 1 aliphatic rings. The van der Waals surface area contributed by atoms with Crippen molar-refractivity contribution < 1.29 is 8.83 Å². The molecule has 0 saturated carbocycles. The van der Waals surface area contributed by atoms with E-state index in [4.69, 9.17) is 8.83 Å². The van der Waals surface area contributed by atoms with Gasteiger partial charge in [-0.1, -0.05) is 149 Å². The van der Waals surface area contributed by atoms with Gasteiger partial charge in [0, 0.05) is 42.2 Å². The van der Waals surface area contributed by atoms with Gasteiger partial charge in [0.2, 0.25) is 10.9 Å². The van der Waals surface area contributed by atoms with Crippen molar-refractivity contribution in [2.45, 2.75) is 6.42 Å². The Kier molecular flexibility index (Phi) is 10.4. The fraction of sp³-hybridized carbons (Fsp3) is 0.0159. The summed E-state index contributed by atoms with van der Waals surface area (Å²) < 4.78 is 18.3. The van der Waals surface area contributed by atoms with Crippen LogP contribution in [0, 0.1) is 0 Å². The minimum Gasteiger partial charge on any atom is -0.456 e. The molecule has 0 amide bonds. The van der Waals surface area contributed by atoms with Crippen LogP contribution in [0.25, 0.3) is 110 Å². The van der Waals surface area contributed by atoms with Crippen molar-refractivity contribution in [3.63, 3.8) is 0 Å². The van der Waals surface area contributed by atoms with Crippen molar-refractivity contribution in [3.05, 3.63) is 259 Å². The minimum atomic E-state index is -0.0347. The van der Waals surface area contributed by atoms with Crippen LogP contribution in [0.5, 0.6) is 0 Å². The normalized spacial score (nSPS) is 11.9. The van der Waals surface area contributed by atoms with E-state index in [0.29, 0.717) is 43.9 Å². The molecule has 0 bridgehead atoms. The molecule has 14 aromatic rings. The van der Waals surface area contributed by atoms with E-state index >= 15 is 0 Å². The summed E-state index contributed by atoms with van der Waals surface area (Å²) >= 11 is 6.74. The van der Waals surface area contributed by atoms with Gasteiger partial charge >= 0.3 is 0 Å². The standard InChI is InChI=1S/C37H22N2O2.C13H6Br2O2.C13H10/c40-37-28-21-20-23(38-29-14-5-1-10-24(29)25-11-2-6-15-30(25)38)22-35(28)41-34-19-9-18-33(36(34)37)39-31-16-7-3-12-26(31)27-13-4-8-17-32(27)39;14-7-4-5-8-11(6-7)17-10-3-1-2-9(15)12(10)13(8)16;1-3-7-12-10(5-1)9-11-6-2-4-8-13(11)12/h1-22H;1-6H;1-8H,9H2. The summed E-state index contributed by atoms with van der Waals surface area (Å²) in [6.07, 6.45) is 1.10. The van der Waals surface area contributed by atoms with Gasteiger partial charge in [0.05, 0.1) is 49.3 Å². The molecule has 0 unspecified atom stereocenters. The fourth-order valence-corrected chi connectivity index (χ4v) is 11.4. The lowest BCUT2D eigenvalue weighted by molar-refractivity contribution is 0.659. The van der Waals surface area contributed by atoms with E-state index in [1.807, 2.05) is 66.7 Å². The van der Waals surface area contributed by atoms with E-state index < -0.39 is 0 Å². The van der Waals surface area contributed by atoms with Gasteiger partial charge in [-0.25, -0.2) is 0 Å². The average molecular weight is 1050 g/mol. The Morgan fingerprint density at radius 3 is 1.39 bits per heavy atom. The maximum Gasteiger partial charge on any atom is 0.202 e. The van der Waals surface area contributed by atoms with Crippen molar-refractivity contribution in [1.82, 2.24) is 9.13 Å². The van der Waals surface area contributed by atoms with Crippen LogP contribution in [0.4, 0.5) is 0 Å². The number of rotatable bonds is 2. The van der Waals surface area contributed by atoms with E-state index in [0.717, 1.165) is 59.6 Å². The van der Waals surface area contributed by atoms with E-state index in [1.54, 1.807) is 18.2 Å². The third kappa shape index (κ3) is 7.12. The number of hydrogen-bond donors (Lipinski definition) is 0. The van der Waals surface area contributed by atoms with Crippen LogP contribution >= 0.6 is 31.9 Å². The molecule has 71 heavy (non-hydrogen) atoms. The predicted octanol–water partition coefficient (Wildman–Crippen LogP) is 16.9. The number of fused-ring (bicyclic) bond motifs is 13. The average Bonchev–Trinajstić information content (AvgIpc) is 4.07. The first-order valence-electron chi connectivity index (χ1n) is 23.3. The lowest BCUT2D eigenvalue weighted by Gasteiger charge is -2.12. The molecule has 0 atom stereocenters. The molecule has 4 aromatic heterocycles. The molecule has 0 N–H and O–H groups in total. The lowest BCUT2D eigenvalue weighted by atomic mass is 10.1. The zero-order chi connectivity index (χ0) is 47.7. The maximum absolute atomic E-state index is 14.2. The van der Waals surface area contributed by atoms with Gasteiger partial charge in [-0.15, -0.1) is 0 Å². The summed E-state index contributed by atoms with van der Waals surface area (Å²) in [6, 6.07) is 73.5. The number of aromatic nitrogens is 2. The molecular formula is C63H38Br2N2O4. The first-order chi connectivity index (χ1) is 34.9. The number of hydrogen-bond acceptors (Lipinski definition) is 4. The van der Waals surface area contributed by atoms with E-state index in [1.165, 1.54) is 33.0 Å². The Hall–Kier alpha value is -8.30. The Bertz CT molecular complexity index is 4450. The zero-order valence-corrected chi connectivity index (χ0v) is 40.9. The summed E-state index contributed by atoms with van der Waals surface area (Å²) in [7, 11) is 0. The number of nitrogens with zero attached hydrogens (tertiary/aromatic N) is 2. The first-order valence-corrected chi connectivity index (χ1v) is 24.9. The molecule has 0 aliphatic heterocycles. The zero-order valence-electron chi connectivity index (χ0n) is 37.8. The van der Waals surface area contributed by atoms with Crippen LogP contribution in [0.1, 0.15) is 11.1 Å². The molecule has 1 aliphatic carbocycles. The topological polar surface area (TPSA) is 70.3 Å². The van der Waals surface area contributed by atoms with E-state index in [2.05, 4.69) is 174 Å². The highest BCUT2D eigenvalue weighted by atomic mass is 79.9. The second-order valence-corrected chi connectivity index (χ2v) is 19.4. The van der Waals surface area contributed by atoms with Gasteiger partial charge in [-0.2, -0.15) is 0 Å². The quantitative estimate of drug-likeness (QED) is 0.162. The van der Waals surface area contributed by atoms with Gasteiger partial charge in [0.15, 0.2) is 0 Å². The third-order valence-electron chi connectivity index (χ3n) is 13.6. The molecule has 4 heterocycles. The molecule has 0 radical (unpaired) electrons. The second kappa shape index (κ2) is 17.3. The van der Waals surface area contributed by atoms with Gasteiger partial charge in [0.25, 0.3) is 0 Å². The van der Waals surface area contributed by atoms with E-state index in [-0.39, 0.29) is 10.9 Å². The lowest BCUT2D eigenvalue weighted by Crippen LogP contribution is -2.07. The molecule has 6 nitrogen and oxygen atoms in total. The van der Waals surface area contributed by atoms with Gasteiger partial charge < -0.3 is 18.0 Å². The minimum absolute atomic E-state index is 0.0128. The number of benzene rings is 10. The summed E-state index contributed by atoms with van der Waals surface area (Å²) in [5, 5.41) is 7.02. The van der Waals surface area contributed by atoms with Crippen molar-refractivity contribution in [2.75, 3.05) is 0 Å². The Morgan fingerprint density at radius 2 is 0.817 bits per heavy atom. The monoisotopic (exact) mass is 1040 g/mol. The van der Waals surface area contributed by atoms with Gasteiger partial charge in [0.1, 0.15) is 22.3 Å². The highest BCUT2D eigenvalue weighted by Crippen LogP contribution is 2.38. The number of halogens is 2. The third-order valence-corrected chi connectivity index (χ3v) is 14.8. The molecule has 0 fully saturated rings. The molecule has 338 valence electrons. The Labute approximate surface area is 422 Å². The van der Waals surface area contributed by atoms with Gasteiger partial charge in [-0.05, 0) is 123 Å². The van der Waals surface area contributed by atoms with Crippen LogP contribution < -0.4 is 10.9 Å². The van der Waals surface area contributed by atoms with Crippen molar-refractivity contribution in [3.8, 4) is 22.5 Å². The molecule has 8 heteroatoms. The van der Waals surface area contributed by atoms with E-state index in [9.17, 15) is 9.59 Å². The highest BCUT2D eigenvalue weighted by molar-refractivity contribution is 9.11. The van der Waals surface area contributed by atoms with Crippen LogP contribution in [-0.2, 0) is 6.42 Å². The summed E-state index contributed by atoms with van der Waals surface area (Å²) in [4.78, 5) is 26.5. The fourth-order valence-electron chi connectivity index (χ4n) is 10.5. The Balaban J connectivity index is 0.000000133. The predicted molar refractivity (Wildman–Crippen MR) is 299 cm³/mol. The van der Waals surface area contributed by atoms with Crippen molar-refractivity contribution in [1.29, 1.82) is 0 Å². The van der Waals surface area contributed by atoms with Crippen LogP contribution in [0.2, 0.25) is 0 Å². The molecule has 10 aromatic carbocycles. The van der Waals surface area contributed by atoms with Gasteiger partial charge in [-0.3, -0.25) is 9.59 Å². The smallest absolute Gasteiger partial charge is 0.202 e.